The molecule has 10 nitrogen and oxygen atoms in total. The Hall–Kier alpha value is -2.50. The average molecular weight is 515 g/mol. The number of nitrogens with zero attached hydrogens (tertiary/aromatic N) is 1. The Morgan fingerprint density at radius 3 is 2.29 bits per heavy atom. The number of fused-ring (bicyclic) bond motifs is 3. The molecular formula is C22H24Cl2N2O8. The number of carbonyl (C=O) groups excluding carboxylic acids is 4. The summed E-state index contributed by atoms with van der Waals surface area (Å²) in [5, 5.41) is 44.3. The summed E-state index contributed by atoms with van der Waals surface area (Å²) < 4.78 is 0. The summed E-state index contributed by atoms with van der Waals surface area (Å²) in [7, 11) is 2.96. The smallest absolute Gasteiger partial charge is 0.235 e. The van der Waals surface area contributed by atoms with Gasteiger partial charge in [-0.15, -0.1) is 12.4 Å². The first kappa shape index (κ1) is 26.1. The maximum Gasteiger partial charge on any atom is 0.235 e. The fraction of sp³-hybridized carbons (Fsp3) is 0.455. The molecule has 1 amide bonds. The van der Waals surface area contributed by atoms with E-state index in [1.807, 2.05) is 0 Å². The van der Waals surface area contributed by atoms with Gasteiger partial charge in [0.15, 0.2) is 23.1 Å². The van der Waals surface area contributed by atoms with Crippen molar-refractivity contribution in [1.29, 1.82) is 0 Å². The van der Waals surface area contributed by atoms with E-state index in [1.165, 1.54) is 32.0 Å². The predicted octanol–water partition coefficient (Wildman–Crippen LogP) is 0.0774. The first-order chi connectivity index (χ1) is 15.2. The number of Topliss-reactive ketones (excluding diaryl/α,β-unsaturated/α-hetero) is 3. The van der Waals surface area contributed by atoms with E-state index in [0.29, 0.717) is 0 Å². The van der Waals surface area contributed by atoms with Crippen molar-refractivity contribution in [2.75, 3.05) is 14.1 Å². The summed E-state index contributed by atoms with van der Waals surface area (Å²) in [6.07, 6.45) is -0.286. The van der Waals surface area contributed by atoms with Gasteiger partial charge >= 0.3 is 0 Å². The number of carbonyl (C=O) groups is 4. The highest BCUT2D eigenvalue weighted by atomic mass is 35.5. The van der Waals surface area contributed by atoms with E-state index in [0.717, 1.165) is 6.07 Å². The number of amides is 1. The zero-order valence-corrected chi connectivity index (χ0v) is 20.0. The van der Waals surface area contributed by atoms with E-state index in [4.69, 9.17) is 17.3 Å². The van der Waals surface area contributed by atoms with Crippen LogP contribution >= 0.6 is 24.0 Å². The van der Waals surface area contributed by atoms with Gasteiger partial charge in [0, 0.05) is 28.0 Å². The van der Waals surface area contributed by atoms with Crippen LogP contribution in [0.4, 0.5) is 0 Å². The van der Waals surface area contributed by atoms with Crippen molar-refractivity contribution in [3.63, 3.8) is 0 Å². The van der Waals surface area contributed by atoms with Crippen molar-refractivity contribution >= 4 is 53.0 Å². The second-order valence-corrected chi connectivity index (χ2v) is 9.63. The molecule has 3 aliphatic rings. The molecule has 184 valence electrons. The summed E-state index contributed by atoms with van der Waals surface area (Å²) in [6, 6.07) is 1.22. The summed E-state index contributed by atoms with van der Waals surface area (Å²) in [5.74, 6) is -10.6. The lowest BCUT2D eigenvalue weighted by Crippen LogP contribution is -2.73. The van der Waals surface area contributed by atoms with Crippen LogP contribution in [0.2, 0.25) is 5.02 Å². The number of phenols is 1. The molecule has 0 bridgehead atoms. The monoisotopic (exact) mass is 514 g/mol. The van der Waals surface area contributed by atoms with E-state index in [-0.39, 0.29) is 35.0 Å². The molecule has 34 heavy (non-hydrogen) atoms. The molecule has 1 aromatic rings. The van der Waals surface area contributed by atoms with Gasteiger partial charge in [0.25, 0.3) is 0 Å². The third-order valence-electron chi connectivity index (χ3n) is 7.21. The normalized spacial score (nSPS) is 34.9. The number of halogens is 2. The molecule has 0 saturated heterocycles. The van der Waals surface area contributed by atoms with Crippen LogP contribution in [-0.4, -0.2) is 74.3 Å². The molecule has 2 saturated carbocycles. The van der Waals surface area contributed by atoms with Crippen molar-refractivity contribution in [2.45, 2.75) is 30.6 Å². The number of likely N-dealkylation sites (N-methyl/N-ethyl adjacent to an activating group) is 1. The average Bonchev–Trinajstić information content (AvgIpc) is 2.69. The molecule has 0 aliphatic heterocycles. The Morgan fingerprint density at radius 1 is 1.18 bits per heavy atom. The largest absolute Gasteiger partial charge is 0.507 e. The van der Waals surface area contributed by atoms with Gasteiger partial charge in [0.05, 0.1) is 17.2 Å². The molecule has 2 fully saturated rings. The number of hydrogen-bond donors (Lipinski definition) is 5. The van der Waals surface area contributed by atoms with Crippen molar-refractivity contribution in [1.82, 2.24) is 4.90 Å². The second-order valence-electron chi connectivity index (χ2n) is 9.23. The Morgan fingerprint density at radius 2 is 1.76 bits per heavy atom. The number of ketones is 3. The number of aliphatic hydroxyl groups excluding tert-OH is 1. The quantitative estimate of drug-likeness (QED) is 0.341. The second kappa shape index (κ2) is 8.03. The SMILES string of the molecule is CN(C)[C@@H]1C(=O)C(C(N)=O)C(=O)[C@@]2(O)C(=O)C3=C(O)c4c(O)ccc(Cl)c4[C@@](C)(O)[C@H]3C[C@@H]12.Cl. The van der Waals surface area contributed by atoms with Crippen LogP contribution in [0.5, 0.6) is 5.75 Å². The fourth-order valence-corrected chi connectivity index (χ4v) is 6.07. The first-order valence-corrected chi connectivity index (χ1v) is 10.6. The highest BCUT2D eigenvalue weighted by Crippen LogP contribution is 2.57. The van der Waals surface area contributed by atoms with Gasteiger partial charge in [-0.25, -0.2) is 0 Å². The molecule has 12 heteroatoms. The first-order valence-electron chi connectivity index (χ1n) is 10.2. The van der Waals surface area contributed by atoms with Crippen molar-refractivity contribution < 1.29 is 39.6 Å². The van der Waals surface area contributed by atoms with Crippen LogP contribution in [0, 0.1) is 17.8 Å². The molecular weight excluding hydrogens is 491 g/mol. The van der Waals surface area contributed by atoms with Crippen LogP contribution in [0.25, 0.3) is 5.76 Å². The van der Waals surface area contributed by atoms with Gasteiger partial charge in [-0.1, -0.05) is 11.6 Å². The molecule has 0 radical (unpaired) electrons. The van der Waals surface area contributed by atoms with Gasteiger partial charge in [-0.05, 0) is 39.6 Å². The lowest BCUT2D eigenvalue weighted by Gasteiger charge is -2.53. The topological polar surface area (TPSA) is 178 Å². The summed E-state index contributed by atoms with van der Waals surface area (Å²) in [4.78, 5) is 53.2. The molecule has 1 unspecified atom stereocenters. The maximum absolute atomic E-state index is 13.7. The lowest BCUT2D eigenvalue weighted by molar-refractivity contribution is -0.179. The third-order valence-corrected chi connectivity index (χ3v) is 7.53. The Kier molecular flexibility index (Phi) is 6.17. The zero-order chi connectivity index (χ0) is 24.8. The molecule has 0 aromatic heterocycles. The predicted molar refractivity (Wildman–Crippen MR) is 121 cm³/mol. The number of primary amides is 1. The minimum Gasteiger partial charge on any atom is -0.507 e. The van der Waals surface area contributed by atoms with Crippen LogP contribution in [-0.2, 0) is 24.8 Å². The minimum atomic E-state index is -2.86. The summed E-state index contributed by atoms with van der Waals surface area (Å²) in [5.41, 5.74) is -0.337. The van der Waals surface area contributed by atoms with Gasteiger partial charge in [-0.3, -0.25) is 24.1 Å². The molecule has 3 aliphatic carbocycles. The van der Waals surface area contributed by atoms with E-state index in [9.17, 15) is 39.6 Å². The van der Waals surface area contributed by atoms with Gasteiger partial charge < -0.3 is 26.2 Å². The van der Waals surface area contributed by atoms with Crippen molar-refractivity contribution in [2.24, 2.45) is 23.5 Å². The maximum atomic E-state index is 13.7. The number of phenolic OH excluding ortho intramolecular Hbond substituents is 1. The standard InChI is InChI=1S/C22H23ClN2O8.ClH/c1-21(32)7-6-8-15(25(2)3)17(28)13(20(24)31)19(30)22(8,33)18(29)11(7)16(27)12-10(26)5-4-9(23)14(12)21;/h4-5,7-8,13,15,26-27,32-33H,6H2,1-3H3,(H2,24,31);1H/t7-,8-,13?,15-,21-,22-;/m0./s1. The molecule has 6 atom stereocenters. The molecule has 0 spiro atoms. The third kappa shape index (κ3) is 3.06. The summed E-state index contributed by atoms with van der Waals surface area (Å²) >= 11 is 6.27. The Labute approximate surface area is 205 Å². The van der Waals surface area contributed by atoms with E-state index < -0.39 is 75.3 Å². The number of aromatic hydroxyl groups is 1. The number of hydrogen-bond acceptors (Lipinski definition) is 9. The highest BCUT2D eigenvalue weighted by Gasteiger charge is 2.69. The van der Waals surface area contributed by atoms with E-state index in [2.05, 4.69) is 0 Å². The molecule has 6 N–H and O–H groups in total. The zero-order valence-electron chi connectivity index (χ0n) is 18.4. The van der Waals surface area contributed by atoms with Gasteiger partial charge in [0.1, 0.15) is 11.5 Å². The Balaban J connectivity index is 0.00000324. The van der Waals surface area contributed by atoms with Crippen LogP contribution in [0.1, 0.15) is 24.5 Å². The van der Waals surface area contributed by atoms with E-state index >= 15 is 0 Å². The van der Waals surface area contributed by atoms with Crippen LogP contribution in [0.3, 0.4) is 0 Å². The van der Waals surface area contributed by atoms with Crippen molar-refractivity contribution in [3.8, 4) is 5.75 Å². The van der Waals surface area contributed by atoms with Crippen molar-refractivity contribution in [3.05, 3.63) is 33.9 Å². The molecule has 0 heterocycles. The van der Waals surface area contributed by atoms with Crippen LogP contribution < -0.4 is 5.73 Å². The van der Waals surface area contributed by atoms with Gasteiger partial charge in [0.2, 0.25) is 11.7 Å². The number of rotatable bonds is 2. The fourth-order valence-electron chi connectivity index (χ4n) is 5.72. The Bertz CT molecular complexity index is 1180. The lowest BCUT2D eigenvalue weighted by atomic mass is 9.52. The van der Waals surface area contributed by atoms with E-state index in [1.54, 1.807) is 0 Å². The minimum absolute atomic E-state index is 0. The summed E-state index contributed by atoms with van der Waals surface area (Å²) in [6.45, 7) is 1.33. The van der Waals surface area contributed by atoms with Gasteiger partial charge in [-0.2, -0.15) is 0 Å². The number of aliphatic hydroxyl groups is 3. The number of benzene rings is 1. The van der Waals surface area contributed by atoms with Crippen LogP contribution in [0.15, 0.2) is 17.7 Å². The highest BCUT2D eigenvalue weighted by molar-refractivity contribution is 6.33. The number of nitrogens with two attached hydrogens (primary N) is 1. The molecule has 4 rings (SSSR count). The molecule has 1 aromatic carbocycles.